The molecule has 0 aromatic heterocycles. The lowest BCUT2D eigenvalue weighted by atomic mass is 10.0. The Bertz CT molecular complexity index is 340. The molecule has 1 aliphatic rings. The minimum Gasteiger partial charge on any atom is -0.479 e. The number of carboxylic acids is 1. The summed E-state index contributed by atoms with van der Waals surface area (Å²) in [5, 5.41) is 9.46. The lowest BCUT2D eigenvalue weighted by Gasteiger charge is -2.05. The molecule has 1 atom stereocenters. The van der Waals surface area contributed by atoms with Crippen molar-refractivity contribution < 1.29 is 14.6 Å². The second-order valence-electron chi connectivity index (χ2n) is 2.93. The quantitative estimate of drug-likeness (QED) is 0.736. The first kappa shape index (κ1) is 8.53. The van der Waals surface area contributed by atoms with Crippen molar-refractivity contribution in [3.63, 3.8) is 0 Å². The van der Waals surface area contributed by atoms with Gasteiger partial charge in [0.25, 0.3) is 0 Å². The lowest BCUT2D eigenvalue weighted by Crippen LogP contribution is -2.21. The smallest absolute Gasteiger partial charge is 0.343 e. The Kier molecular flexibility index (Phi) is 1.78. The third kappa shape index (κ3) is 1.30. The normalized spacial score (nSPS) is 25.6. The minimum atomic E-state index is -1.11. The van der Waals surface area contributed by atoms with Crippen molar-refractivity contribution in [3.8, 4) is 0 Å². The monoisotopic (exact) mass is 198 g/mol. The highest BCUT2D eigenvalue weighted by atomic mass is 35.5. The molecule has 1 fully saturated rings. The molecule has 68 valence electrons. The maximum Gasteiger partial charge on any atom is 0.343 e. The SMILES string of the molecule is O=C(O)[C@]1(c2ccc(Cl)cc2)CO1. The molecule has 0 aliphatic carbocycles. The highest BCUT2D eigenvalue weighted by Crippen LogP contribution is 2.39. The van der Waals surface area contributed by atoms with Crippen LogP contribution in [0.2, 0.25) is 5.02 Å². The number of carboxylic acid groups (broad SMARTS) is 1. The number of carbonyl (C=O) groups is 1. The van der Waals surface area contributed by atoms with Crippen molar-refractivity contribution in [1.29, 1.82) is 0 Å². The third-order valence-corrected chi connectivity index (χ3v) is 2.34. The van der Waals surface area contributed by atoms with Crippen LogP contribution in [0.25, 0.3) is 0 Å². The van der Waals surface area contributed by atoms with E-state index in [0.29, 0.717) is 10.6 Å². The van der Waals surface area contributed by atoms with Gasteiger partial charge >= 0.3 is 5.97 Å². The number of aliphatic carboxylic acids is 1. The zero-order valence-electron chi connectivity index (χ0n) is 6.66. The van der Waals surface area contributed by atoms with Crippen LogP contribution >= 0.6 is 11.6 Å². The fourth-order valence-electron chi connectivity index (χ4n) is 1.20. The van der Waals surface area contributed by atoms with E-state index in [1.807, 2.05) is 0 Å². The van der Waals surface area contributed by atoms with Gasteiger partial charge in [-0.2, -0.15) is 0 Å². The van der Waals surface area contributed by atoms with E-state index < -0.39 is 11.6 Å². The Morgan fingerprint density at radius 1 is 1.46 bits per heavy atom. The topological polar surface area (TPSA) is 49.8 Å². The molecule has 0 spiro atoms. The van der Waals surface area contributed by atoms with Gasteiger partial charge in [-0.05, 0) is 17.7 Å². The molecule has 3 nitrogen and oxygen atoms in total. The zero-order chi connectivity index (χ0) is 9.47. The van der Waals surface area contributed by atoms with Gasteiger partial charge in [-0.3, -0.25) is 0 Å². The Morgan fingerprint density at radius 3 is 2.38 bits per heavy atom. The van der Waals surface area contributed by atoms with Gasteiger partial charge in [0.15, 0.2) is 0 Å². The number of rotatable bonds is 2. The van der Waals surface area contributed by atoms with Gasteiger partial charge in [0, 0.05) is 5.02 Å². The van der Waals surface area contributed by atoms with E-state index in [2.05, 4.69) is 0 Å². The van der Waals surface area contributed by atoms with Gasteiger partial charge in [-0.15, -0.1) is 0 Å². The first-order valence-corrected chi connectivity index (χ1v) is 4.16. The van der Waals surface area contributed by atoms with Gasteiger partial charge < -0.3 is 9.84 Å². The predicted octanol–water partition coefficient (Wildman–Crippen LogP) is 1.65. The molecule has 0 radical (unpaired) electrons. The van der Waals surface area contributed by atoms with Crippen molar-refractivity contribution in [3.05, 3.63) is 34.9 Å². The molecule has 1 saturated heterocycles. The van der Waals surface area contributed by atoms with Gasteiger partial charge in [0.2, 0.25) is 5.60 Å². The van der Waals surface area contributed by atoms with Crippen LogP contribution < -0.4 is 0 Å². The molecule has 1 aromatic carbocycles. The van der Waals surface area contributed by atoms with E-state index >= 15 is 0 Å². The van der Waals surface area contributed by atoms with Crippen LogP contribution in [0.1, 0.15) is 5.56 Å². The molecule has 0 bridgehead atoms. The first-order chi connectivity index (χ1) is 6.15. The predicted molar refractivity (Wildman–Crippen MR) is 46.7 cm³/mol. The van der Waals surface area contributed by atoms with Crippen molar-refractivity contribution >= 4 is 17.6 Å². The number of hydrogen-bond donors (Lipinski definition) is 1. The zero-order valence-corrected chi connectivity index (χ0v) is 7.41. The molecule has 1 aliphatic heterocycles. The molecular weight excluding hydrogens is 192 g/mol. The first-order valence-electron chi connectivity index (χ1n) is 3.78. The average Bonchev–Trinajstić information content (AvgIpc) is 2.86. The van der Waals surface area contributed by atoms with E-state index in [1.165, 1.54) is 0 Å². The van der Waals surface area contributed by atoms with Crippen LogP contribution in [0.5, 0.6) is 0 Å². The molecule has 0 saturated carbocycles. The maximum atomic E-state index is 10.8. The second-order valence-corrected chi connectivity index (χ2v) is 3.36. The summed E-state index contributed by atoms with van der Waals surface area (Å²) in [7, 11) is 0. The van der Waals surface area contributed by atoms with Crippen LogP contribution in [0.4, 0.5) is 0 Å². The van der Waals surface area contributed by atoms with E-state index in [-0.39, 0.29) is 6.61 Å². The van der Waals surface area contributed by atoms with Crippen molar-refractivity contribution in [2.45, 2.75) is 5.60 Å². The van der Waals surface area contributed by atoms with Gasteiger partial charge in [0.1, 0.15) is 0 Å². The highest BCUT2D eigenvalue weighted by Gasteiger charge is 2.54. The third-order valence-electron chi connectivity index (χ3n) is 2.09. The van der Waals surface area contributed by atoms with Crippen molar-refractivity contribution in [1.82, 2.24) is 0 Å². The fourth-order valence-corrected chi connectivity index (χ4v) is 1.33. The molecule has 2 rings (SSSR count). The molecule has 4 heteroatoms. The molecule has 1 aromatic rings. The molecular formula is C9H7ClO3. The Balaban J connectivity index is 2.36. The average molecular weight is 199 g/mol. The number of halogens is 1. The standard InChI is InChI=1S/C9H7ClO3/c10-7-3-1-6(2-4-7)9(5-13-9)8(11)12/h1-4H,5H2,(H,11,12)/t9-/m1/s1. The number of epoxide rings is 1. The van der Waals surface area contributed by atoms with Crippen LogP contribution in [0.15, 0.2) is 24.3 Å². The molecule has 1 N–H and O–H groups in total. The van der Waals surface area contributed by atoms with Crippen LogP contribution in [-0.2, 0) is 15.1 Å². The lowest BCUT2D eigenvalue weighted by molar-refractivity contribution is -0.143. The van der Waals surface area contributed by atoms with Gasteiger partial charge in [-0.25, -0.2) is 4.79 Å². The summed E-state index contributed by atoms with van der Waals surface area (Å²) >= 11 is 5.67. The van der Waals surface area contributed by atoms with Crippen molar-refractivity contribution in [2.24, 2.45) is 0 Å². The van der Waals surface area contributed by atoms with E-state index in [0.717, 1.165) is 0 Å². The molecule has 1 heterocycles. The summed E-state index contributed by atoms with van der Waals surface area (Å²) in [4.78, 5) is 10.8. The summed E-state index contributed by atoms with van der Waals surface area (Å²) in [5.41, 5.74) is -0.464. The van der Waals surface area contributed by atoms with Crippen molar-refractivity contribution in [2.75, 3.05) is 6.61 Å². The molecule has 13 heavy (non-hydrogen) atoms. The Labute approximate surface area is 79.9 Å². The highest BCUT2D eigenvalue weighted by molar-refractivity contribution is 6.30. The summed E-state index contributed by atoms with van der Waals surface area (Å²) in [5.74, 6) is -0.949. The van der Waals surface area contributed by atoms with Crippen LogP contribution in [-0.4, -0.2) is 17.7 Å². The summed E-state index contributed by atoms with van der Waals surface area (Å²) in [6, 6.07) is 6.65. The van der Waals surface area contributed by atoms with E-state index in [9.17, 15) is 4.79 Å². The number of hydrogen-bond acceptors (Lipinski definition) is 2. The molecule has 0 unspecified atom stereocenters. The van der Waals surface area contributed by atoms with Crippen LogP contribution in [0.3, 0.4) is 0 Å². The van der Waals surface area contributed by atoms with Crippen LogP contribution in [0, 0.1) is 0 Å². The second kappa shape index (κ2) is 2.72. The van der Waals surface area contributed by atoms with Gasteiger partial charge in [-0.1, -0.05) is 23.7 Å². The largest absolute Gasteiger partial charge is 0.479 e. The van der Waals surface area contributed by atoms with E-state index in [1.54, 1.807) is 24.3 Å². The van der Waals surface area contributed by atoms with Gasteiger partial charge in [0.05, 0.1) is 6.61 Å². The summed E-state index contributed by atoms with van der Waals surface area (Å²) < 4.78 is 4.94. The Hall–Kier alpha value is -1.06. The van der Waals surface area contributed by atoms with E-state index in [4.69, 9.17) is 21.4 Å². The number of benzene rings is 1. The molecule has 0 amide bonds. The fraction of sp³-hybridized carbons (Fsp3) is 0.222. The minimum absolute atomic E-state index is 0.240. The number of ether oxygens (including phenoxy) is 1. The summed E-state index contributed by atoms with van der Waals surface area (Å²) in [6.07, 6.45) is 0. The summed E-state index contributed by atoms with van der Waals surface area (Å²) in [6.45, 7) is 0.240. The maximum absolute atomic E-state index is 10.8. The Morgan fingerprint density at radius 2 is 2.00 bits per heavy atom.